The molecule has 0 saturated carbocycles. The van der Waals surface area contributed by atoms with Crippen molar-refractivity contribution in [2.24, 2.45) is 11.8 Å². The number of carboxylic acid groups (broad SMARTS) is 1. The van der Waals surface area contributed by atoms with Gasteiger partial charge in [0, 0.05) is 17.0 Å². The predicted octanol–water partition coefficient (Wildman–Crippen LogP) is 4.02. The van der Waals surface area contributed by atoms with Crippen LogP contribution < -0.4 is 10.2 Å². The number of amides is 3. The molecule has 33 heavy (non-hydrogen) atoms. The van der Waals surface area contributed by atoms with E-state index in [1.54, 1.807) is 42.5 Å². The molecule has 1 aliphatic carbocycles. The van der Waals surface area contributed by atoms with Crippen molar-refractivity contribution < 1.29 is 24.3 Å². The number of hydrogen-bond acceptors (Lipinski definition) is 5. The van der Waals surface area contributed by atoms with Gasteiger partial charge in [-0.1, -0.05) is 29.8 Å². The van der Waals surface area contributed by atoms with E-state index >= 15 is 0 Å². The number of carbonyl (C=O) groups excluding carboxylic acids is 3. The number of imide groups is 1. The highest BCUT2D eigenvalue weighted by Gasteiger charge is 2.40. The van der Waals surface area contributed by atoms with Crippen LogP contribution in [0.3, 0.4) is 0 Å². The zero-order chi connectivity index (χ0) is 23.5. The molecule has 3 atom stereocenters. The number of nitrogens with zero attached hydrogens (tertiary/aromatic N) is 1. The van der Waals surface area contributed by atoms with Gasteiger partial charge in [0.15, 0.2) is 0 Å². The van der Waals surface area contributed by atoms with Gasteiger partial charge in [-0.2, -0.15) is 0 Å². The van der Waals surface area contributed by atoms with Crippen LogP contribution in [0.4, 0.5) is 11.4 Å². The summed E-state index contributed by atoms with van der Waals surface area (Å²) < 4.78 is 0. The molecule has 1 aliphatic heterocycles. The van der Waals surface area contributed by atoms with Crippen LogP contribution in [-0.2, 0) is 19.2 Å². The van der Waals surface area contributed by atoms with Crippen molar-refractivity contribution in [1.82, 2.24) is 0 Å². The first-order chi connectivity index (χ1) is 15.8. The number of nitrogens with one attached hydrogen (secondary N) is 1. The van der Waals surface area contributed by atoms with Gasteiger partial charge in [-0.05, 0) is 56.2 Å². The molecule has 8 heteroatoms. The minimum absolute atomic E-state index is 0.127. The summed E-state index contributed by atoms with van der Waals surface area (Å²) in [4.78, 5) is 51.4. The van der Waals surface area contributed by atoms with Gasteiger partial charge in [0.05, 0.1) is 22.8 Å². The fourth-order valence-corrected chi connectivity index (χ4v) is 5.11. The molecule has 1 heterocycles. The molecule has 4 rings (SSSR count). The number of hydrogen-bond donors (Lipinski definition) is 2. The van der Waals surface area contributed by atoms with Crippen LogP contribution in [0.2, 0.25) is 0 Å². The average Bonchev–Trinajstić information content (AvgIpc) is 3.08. The van der Waals surface area contributed by atoms with Crippen LogP contribution in [0.15, 0.2) is 65.6 Å². The molecule has 1 saturated heterocycles. The first kappa shape index (κ1) is 22.8. The minimum Gasteiger partial charge on any atom is -0.481 e. The molecular formula is C25H24N2O5S. The fourth-order valence-electron chi connectivity index (χ4n) is 4.05. The van der Waals surface area contributed by atoms with Crippen LogP contribution in [0, 0.1) is 18.8 Å². The lowest BCUT2D eigenvalue weighted by Crippen LogP contribution is -2.34. The standard InChI is InChI=1S/C25H24N2O5S/c1-15-6-10-17(11-7-15)27-22(28)14-21(24(27)30)33-18-12-8-16(9-13-18)26-23(29)19-4-2-3-5-20(19)25(31)32/h2-3,6-13,19-21H,4-5,14H2,1H3,(H,26,29)(H,31,32)/t19-,20+,21-/m0/s1. The summed E-state index contributed by atoms with van der Waals surface area (Å²) in [6.07, 6.45) is 4.50. The Bertz CT molecular complexity index is 1110. The van der Waals surface area contributed by atoms with Gasteiger partial charge < -0.3 is 10.4 Å². The molecule has 3 amide bonds. The molecular weight excluding hydrogens is 440 g/mol. The molecule has 1 fully saturated rings. The maximum absolute atomic E-state index is 12.9. The number of carbonyl (C=O) groups is 4. The second-order valence-corrected chi connectivity index (χ2v) is 9.50. The summed E-state index contributed by atoms with van der Waals surface area (Å²) in [5.41, 5.74) is 2.18. The summed E-state index contributed by atoms with van der Waals surface area (Å²) in [5, 5.41) is 11.6. The number of aliphatic carboxylic acids is 1. The highest BCUT2D eigenvalue weighted by atomic mass is 32.2. The average molecular weight is 465 g/mol. The number of benzene rings is 2. The molecule has 2 aromatic carbocycles. The van der Waals surface area contributed by atoms with Gasteiger partial charge in [-0.25, -0.2) is 4.90 Å². The van der Waals surface area contributed by atoms with Crippen LogP contribution in [-0.4, -0.2) is 34.0 Å². The smallest absolute Gasteiger partial charge is 0.307 e. The highest BCUT2D eigenvalue weighted by molar-refractivity contribution is 8.00. The van der Waals surface area contributed by atoms with Gasteiger partial charge in [0.1, 0.15) is 0 Å². The Morgan fingerprint density at radius 3 is 2.24 bits per heavy atom. The first-order valence-corrected chi connectivity index (χ1v) is 11.6. The number of thioether (sulfide) groups is 1. The SMILES string of the molecule is Cc1ccc(N2C(=O)C[C@H](Sc3ccc(NC(=O)[C@H]4CC=CC[C@H]4C(=O)O)cc3)C2=O)cc1. The minimum atomic E-state index is -0.971. The van der Waals surface area contributed by atoms with E-state index < -0.39 is 23.1 Å². The van der Waals surface area contributed by atoms with E-state index in [9.17, 15) is 24.3 Å². The van der Waals surface area contributed by atoms with Crippen molar-refractivity contribution in [3.63, 3.8) is 0 Å². The lowest BCUT2D eigenvalue weighted by Gasteiger charge is -2.24. The third-order valence-corrected chi connectivity index (χ3v) is 7.08. The monoisotopic (exact) mass is 464 g/mol. The van der Waals surface area contributed by atoms with E-state index in [1.807, 2.05) is 25.1 Å². The first-order valence-electron chi connectivity index (χ1n) is 10.7. The quantitative estimate of drug-likeness (QED) is 0.494. The Hall–Kier alpha value is -3.39. The number of anilines is 2. The lowest BCUT2D eigenvalue weighted by molar-refractivity contribution is -0.146. The van der Waals surface area contributed by atoms with Gasteiger partial charge in [0.2, 0.25) is 17.7 Å². The van der Waals surface area contributed by atoms with Crippen molar-refractivity contribution in [2.75, 3.05) is 10.2 Å². The third-order valence-electron chi connectivity index (χ3n) is 5.88. The Morgan fingerprint density at radius 1 is 0.970 bits per heavy atom. The van der Waals surface area contributed by atoms with Gasteiger partial charge in [-0.3, -0.25) is 19.2 Å². The normalized spacial score (nSPS) is 22.5. The molecule has 0 bridgehead atoms. The zero-order valence-corrected chi connectivity index (χ0v) is 18.9. The molecule has 0 spiro atoms. The topological polar surface area (TPSA) is 104 Å². The number of aryl methyl sites for hydroxylation is 1. The molecule has 0 radical (unpaired) electrons. The van der Waals surface area contributed by atoms with Crippen LogP contribution >= 0.6 is 11.8 Å². The van der Waals surface area contributed by atoms with Crippen molar-refractivity contribution in [2.45, 2.75) is 36.3 Å². The zero-order valence-electron chi connectivity index (χ0n) is 18.1. The van der Waals surface area contributed by atoms with Crippen molar-refractivity contribution in [3.8, 4) is 0 Å². The summed E-state index contributed by atoms with van der Waals surface area (Å²) in [6.45, 7) is 1.94. The summed E-state index contributed by atoms with van der Waals surface area (Å²) >= 11 is 1.31. The van der Waals surface area contributed by atoms with Gasteiger partial charge in [0.25, 0.3) is 0 Å². The van der Waals surface area contributed by atoms with E-state index in [-0.39, 0.29) is 24.1 Å². The molecule has 2 N–H and O–H groups in total. The van der Waals surface area contributed by atoms with E-state index in [0.717, 1.165) is 10.5 Å². The maximum atomic E-state index is 12.9. The maximum Gasteiger partial charge on any atom is 0.307 e. The third kappa shape index (κ3) is 5.01. The lowest BCUT2D eigenvalue weighted by atomic mass is 9.82. The van der Waals surface area contributed by atoms with E-state index in [1.165, 1.54) is 16.7 Å². The Balaban J connectivity index is 1.39. The summed E-state index contributed by atoms with van der Waals surface area (Å²) in [7, 11) is 0. The van der Waals surface area contributed by atoms with E-state index in [4.69, 9.17) is 0 Å². The molecule has 2 aromatic rings. The van der Waals surface area contributed by atoms with Crippen LogP contribution in [0.1, 0.15) is 24.8 Å². The molecule has 0 unspecified atom stereocenters. The van der Waals surface area contributed by atoms with Crippen molar-refractivity contribution >= 4 is 46.8 Å². The Labute approximate surface area is 195 Å². The van der Waals surface area contributed by atoms with Gasteiger partial charge >= 0.3 is 5.97 Å². The highest BCUT2D eigenvalue weighted by Crippen LogP contribution is 2.35. The summed E-state index contributed by atoms with van der Waals surface area (Å²) in [6, 6.07) is 14.3. The Kier molecular flexibility index (Phi) is 6.65. The van der Waals surface area contributed by atoms with Gasteiger partial charge in [-0.15, -0.1) is 11.8 Å². The van der Waals surface area contributed by atoms with Crippen molar-refractivity contribution in [1.29, 1.82) is 0 Å². The van der Waals surface area contributed by atoms with E-state index in [2.05, 4.69) is 5.32 Å². The summed E-state index contributed by atoms with van der Waals surface area (Å²) in [5.74, 6) is -3.10. The van der Waals surface area contributed by atoms with Crippen LogP contribution in [0.5, 0.6) is 0 Å². The predicted molar refractivity (Wildman–Crippen MR) is 126 cm³/mol. The molecule has 170 valence electrons. The number of allylic oxidation sites excluding steroid dienone is 2. The Morgan fingerprint density at radius 2 is 1.61 bits per heavy atom. The number of carboxylic acids is 1. The largest absolute Gasteiger partial charge is 0.481 e. The molecule has 2 aliphatic rings. The molecule has 7 nitrogen and oxygen atoms in total. The molecule has 0 aromatic heterocycles. The second-order valence-electron chi connectivity index (χ2n) is 8.22. The van der Waals surface area contributed by atoms with E-state index in [0.29, 0.717) is 24.2 Å². The number of rotatable bonds is 6. The van der Waals surface area contributed by atoms with Crippen LogP contribution in [0.25, 0.3) is 0 Å². The fraction of sp³-hybridized carbons (Fsp3) is 0.280. The van der Waals surface area contributed by atoms with Crippen molar-refractivity contribution in [3.05, 3.63) is 66.2 Å². The second kappa shape index (κ2) is 9.62.